The summed E-state index contributed by atoms with van der Waals surface area (Å²) in [5.74, 6) is 3.23. The highest BCUT2D eigenvalue weighted by Crippen LogP contribution is 2.46. The van der Waals surface area contributed by atoms with Crippen LogP contribution in [0.25, 0.3) is 32.4 Å². The third-order valence-corrected chi connectivity index (χ3v) is 6.78. The number of methoxy groups -OCH3 is 1. The second-order valence-corrected chi connectivity index (χ2v) is 8.56. The van der Waals surface area contributed by atoms with E-state index in [2.05, 4.69) is 47.2 Å². The fraction of sp³-hybridized carbons (Fsp3) is 0.179. The number of hydrogen-bond acceptors (Lipinski definition) is 4. The van der Waals surface area contributed by atoms with E-state index in [9.17, 15) is 0 Å². The Morgan fingerprint density at radius 2 is 1.74 bits per heavy atom. The Morgan fingerprint density at radius 1 is 0.912 bits per heavy atom. The molecule has 2 aliphatic rings. The Balaban J connectivity index is 0.00000217. The summed E-state index contributed by atoms with van der Waals surface area (Å²) in [7, 11) is 1.69. The summed E-state index contributed by atoms with van der Waals surface area (Å²) in [6, 6.07) is 20.9. The van der Waals surface area contributed by atoms with E-state index in [1.54, 1.807) is 7.11 Å². The Hall–Kier alpha value is -3.51. The molecule has 34 heavy (non-hydrogen) atoms. The quantitative estimate of drug-likeness (QED) is 0.272. The van der Waals surface area contributed by atoms with Crippen molar-refractivity contribution in [2.24, 2.45) is 0 Å². The normalized spacial score (nSPS) is 13.4. The minimum atomic E-state index is 0. The lowest BCUT2D eigenvalue weighted by Gasteiger charge is -2.18. The second-order valence-electron chi connectivity index (χ2n) is 8.56. The minimum absolute atomic E-state index is 0. The van der Waals surface area contributed by atoms with Crippen molar-refractivity contribution in [2.45, 2.75) is 19.6 Å². The number of aryl methyl sites for hydroxylation is 2. The zero-order chi connectivity index (χ0) is 21.9. The fourth-order valence-electron chi connectivity index (χ4n) is 5.27. The van der Waals surface area contributed by atoms with Gasteiger partial charge in [-0.2, -0.15) is 4.57 Å². The first-order valence-electron chi connectivity index (χ1n) is 11.2. The Morgan fingerprint density at radius 3 is 2.59 bits per heavy atom. The van der Waals surface area contributed by atoms with Gasteiger partial charge in [-0.25, -0.2) is 0 Å². The summed E-state index contributed by atoms with van der Waals surface area (Å²) in [4.78, 5) is 0. The molecule has 5 nitrogen and oxygen atoms in total. The summed E-state index contributed by atoms with van der Waals surface area (Å²) in [5, 5.41) is 5.78. The van der Waals surface area contributed by atoms with E-state index in [0.29, 0.717) is 6.61 Å². The maximum atomic E-state index is 6.36. The third-order valence-electron chi connectivity index (χ3n) is 6.78. The van der Waals surface area contributed by atoms with Crippen molar-refractivity contribution in [3.8, 4) is 23.0 Å². The van der Waals surface area contributed by atoms with Crippen LogP contribution in [0.15, 0.2) is 66.9 Å². The van der Waals surface area contributed by atoms with Crippen LogP contribution in [-0.2, 0) is 19.6 Å². The molecule has 0 atom stereocenters. The Bertz CT molecular complexity index is 1580. The van der Waals surface area contributed by atoms with Gasteiger partial charge in [0.2, 0.25) is 12.3 Å². The molecule has 0 fully saturated rings. The predicted molar refractivity (Wildman–Crippen MR) is 126 cm³/mol. The van der Waals surface area contributed by atoms with Gasteiger partial charge in [-0.15, -0.1) is 0 Å². The molecule has 5 aromatic rings. The molecular formula is C28H22BrNO4. The van der Waals surface area contributed by atoms with Crippen molar-refractivity contribution in [1.82, 2.24) is 0 Å². The van der Waals surface area contributed by atoms with E-state index >= 15 is 0 Å². The van der Waals surface area contributed by atoms with Crippen LogP contribution in [0.5, 0.6) is 23.0 Å². The molecule has 7 rings (SSSR count). The van der Waals surface area contributed by atoms with Crippen molar-refractivity contribution in [2.75, 3.05) is 13.9 Å². The van der Waals surface area contributed by atoms with E-state index in [-0.39, 0.29) is 23.8 Å². The van der Waals surface area contributed by atoms with Gasteiger partial charge in [0.1, 0.15) is 6.61 Å². The predicted octanol–water partition coefficient (Wildman–Crippen LogP) is 2.31. The summed E-state index contributed by atoms with van der Waals surface area (Å²) in [6.45, 7) is 1.67. The lowest BCUT2D eigenvalue weighted by Crippen LogP contribution is -3.00. The van der Waals surface area contributed by atoms with Crippen LogP contribution >= 0.6 is 0 Å². The van der Waals surface area contributed by atoms with Crippen molar-refractivity contribution < 1.29 is 40.5 Å². The van der Waals surface area contributed by atoms with Gasteiger partial charge in [0, 0.05) is 17.2 Å². The van der Waals surface area contributed by atoms with Crippen LogP contribution in [0.2, 0.25) is 0 Å². The van der Waals surface area contributed by atoms with Gasteiger partial charge in [0.25, 0.3) is 0 Å². The van der Waals surface area contributed by atoms with E-state index in [1.807, 2.05) is 24.3 Å². The lowest BCUT2D eigenvalue weighted by atomic mass is 9.93. The van der Waals surface area contributed by atoms with Gasteiger partial charge < -0.3 is 35.9 Å². The van der Waals surface area contributed by atoms with E-state index in [1.165, 1.54) is 21.9 Å². The van der Waals surface area contributed by atoms with Crippen LogP contribution in [0.4, 0.5) is 0 Å². The third kappa shape index (κ3) is 3.02. The van der Waals surface area contributed by atoms with Gasteiger partial charge in [-0.05, 0) is 41.5 Å². The molecule has 0 saturated heterocycles. The Kier molecular flexibility index (Phi) is 4.99. The van der Waals surface area contributed by atoms with Crippen LogP contribution in [0, 0.1) is 0 Å². The fourth-order valence-corrected chi connectivity index (χ4v) is 5.27. The minimum Gasteiger partial charge on any atom is -1.00 e. The first-order chi connectivity index (χ1) is 16.3. The molecule has 6 heteroatoms. The molecule has 0 spiro atoms. The van der Waals surface area contributed by atoms with Crippen molar-refractivity contribution in [3.05, 3.63) is 78.0 Å². The number of pyridine rings is 1. The first kappa shape index (κ1) is 21.1. The molecular weight excluding hydrogens is 494 g/mol. The van der Waals surface area contributed by atoms with Gasteiger partial charge in [-0.1, -0.05) is 30.3 Å². The number of benzene rings is 4. The summed E-state index contributed by atoms with van der Waals surface area (Å²) < 4.78 is 25.9. The summed E-state index contributed by atoms with van der Waals surface area (Å²) in [5.41, 5.74) is 3.67. The average Bonchev–Trinajstić information content (AvgIpc) is 3.34. The van der Waals surface area contributed by atoms with Crippen molar-refractivity contribution in [3.63, 3.8) is 0 Å². The van der Waals surface area contributed by atoms with Crippen LogP contribution in [0.3, 0.4) is 0 Å². The molecule has 0 aliphatic carbocycles. The topological polar surface area (TPSA) is 40.8 Å². The van der Waals surface area contributed by atoms with Crippen molar-refractivity contribution >= 4 is 32.4 Å². The van der Waals surface area contributed by atoms with Gasteiger partial charge in [0.05, 0.1) is 23.3 Å². The summed E-state index contributed by atoms with van der Waals surface area (Å²) >= 11 is 0. The number of rotatable bonds is 4. The monoisotopic (exact) mass is 515 g/mol. The molecule has 0 radical (unpaired) electrons. The molecule has 2 aliphatic heterocycles. The van der Waals surface area contributed by atoms with Gasteiger partial charge in [0.15, 0.2) is 35.7 Å². The maximum absolute atomic E-state index is 6.36. The van der Waals surface area contributed by atoms with E-state index in [4.69, 9.17) is 18.9 Å². The SMILES string of the molecule is COc1ccc2c(c[n+]3c4c2ccc2c5c(cc(c24)CC3)OCO5)c1OCc1ccccc1.[Br-]. The van der Waals surface area contributed by atoms with Crippen LogP contribution in [-0.4, -0.2) is 13.9 Å². The highest BCUT2D eigenvalue weighted by atomic mass is 79.9. The largest absolute Gasteiger partial charge is 1.00 e. The van der Waals surface area contributed by atoms with E-state index < -0.39 is 0 Å². The second kappa shape index (κ2) is 8.06. The standard InChI is InChI=1S/C28H22NO4.BrH/c1-30-23-10-9-19-20-7-8-21-25-18(13-24-27(21)33-16-32-24)11-12-29(26(20)25)14-22(19)28(23)31-15-17-5-3-2-4-6-17;/h2-10,13-14H,11-12,15-16H2,1H3;1H/q+1;/p-1. The smallest absolute Gasteiger partial charge is 0.231 e. The van der Waals surface area contributed by atoms with E-state index in [0.717, 1.165) is 57.7 Å². The number of aromatic nitrogens is 1. The maximum Gasteiger partial charge on any atom is 0.231 e. The number of fused-ring (bicyclic) bond motifs is 4. The van der Waals surface area contributed by atoms with Gasteiger partial charge in [-0.3, -0.25) is 0 Å². The molecule has 170 valence electrons. The molecule has 0 amide bonds. The zero-order valence-electron chi connectivity index (χ0n) is 18.6. The number of halogens is 1. The molecule has 0 saturated carbocycles. The zero-order valence-corrected chi connectivity index (χ0v) is 20.2. The van der Waals surface area contributed by atoms with Crippen LogP contribution in [0.1, 0.15) is 11.1 Å². The average molecular weight is 516 g/mol. The number of ether oxygens (including phenoxy) is 4. The highest BCUT2D eigenvalue weighted by molar-refractivity contribution is 6.17. The molecule has 4 aromatic carbocycles. The molecule has 3 heterocycles. The van der Waals surface area contributed by atoms with Gasteiger partial charge >= 0.3 is 0 Å². The number of hydrogen-bond donors (Lipinski definition) is 0. The summed E-state index contributed by atoms with van der Waals surface area (Å²) in [6.07, 6.45) is 3.16. The molecule has 0 N–H and O–H groups in total. The lowest BCUT2D eigenvalue weighted by molar-refractivity contribution is -0.670. The Labute approximate surface area is 207 Å². The first-order valence-corrected chi connectivity index (χ1v) is 11.2. The van der Waals surface area contributed by atoms with Crippen LogP contribution < -0.4 is 40.5 Å². The molecule has 0 bridgehead atoms. The highest BCUT2D eigenvalue weighted by Gasteiger charge is 2.29. The van der Waals surface area contributed by atoms with Crippen molar-refractivity contribution in [1.29, 1.82) is 0 Å². The molecule has 1 aromatic heterocycles. The molecule has 0 unspecified atom stereocenters. The number of nitrogens with zero attached hydrogens (tertiary/aromatic N) is 1.